The maximum absolute atomic E-state index is 10.2. The molecule has 0 aliphatic rings. The molecule has 0 N–H and O–H groups in total. The van der Waals surface area contributed by atoms with E-state index in [0.29, 0.717) is 6.29 Å². The van der Waals surface area contributed by atoms with Gasteiger partial charge in [0.1, 0.15) is 6.07 Å². The Bertz CT molecular complexity index is 305. The molecule has 0 unspecified atom stereocenters. The molecule has 0 saturated carbocycles. The van der Waals surface area contributed by atoms with Crippen molar-refractivity contribution in [3.05, 3.63) is 28.0 Å². The second kappa shape index (κ2) is 3.69. The van der Waals surface area contributed by atoms with Crippen LogP contribution in [-0.2, 0) is 4.79 Å². The summed E-state index contributed by atoms with van der Waals surface area (Å²) in [6.07, 6.45) is 2.11. The van der Waals surface area contributed by atoms with Gasteiger partial charge in [0.05, 0.1) is 5.57 Å². The molecule has 0 fully saturated rings. The van der Waals surface area contributed by atoms with Gasteiger partial charge in [-0.3, -0.25) is 4.79 Å². The standard InChI is InChI=1S/C8H5NOS/c9-4-8(5-10)3-7-1-2-11-6-7/h1-3,5-6H/b8-3+. The van der Waals surface area contributed by atoms with Crippen molar-refractivity contribution in [2.75, 3.05) is 0 Å². The first-order chi connectivity index (χ1) is 5.36. The minimum Gasteiger partial charge on any atom is -0.297 e. The fourth-order valence-corrected chi connectivity index (χ4v) is 1.25. The van der Waals surface area contributed by atoms with E-state index < -0.39 is 0 Å². The maximum Gasteiger partial charge on any atom is 0.160 e. The van der Waals surface area contributed by atoms with E-state index in [9.17, 15) is 4.79 Å². The van der Waals surface area contributed by atoms with Crippen molar-refractivity contribution in [2.24, 2.45) is 0 Å². The highest BCUT2D eigenvalue weighted by atomic mass is 32.1. The van der Waals surface area contributed by atoms with Crippen molar-refractivity contribution in [1.29, 1.82) is 5.26 Å². The summed E-state index contributed by atoms with van der Waals surface area (Å²) >= 11 is 1.53. The van der Waals surface area contributed by atoms with Crippen LogP contribution in [0.4, 0.5) is 0 Å². The quantitative estimate of drug-likeness (QED) is 0.379. The summed E-state index contributed by atoms with van der Waals surface area (Å²) in [4.78, 5) is 10.2. The van der Waals surface area contributed by atoms with E-state index in [4.69, 9.17) is 5.26 Å². The number of thiophene rings is 1. The lowest BCUT2D eigenvalue weighted by Gasteiger charge is -1.81. The molecule has 1 aromatic heterocycles. The molecule has 2 nitrogen and oxygen atoms in total. The summed E-state index contributed by atoms with van der Waals surface area (Å²) in [5, 5.41) is 12.1. The summed E-state index contributed by atoms with van der Waals surface area (Å²) in [6.45, 7) is 0. The third-order valence-electron chi connectivity index (χ3n) is 1.12. The van der Waals surface area contributed by atoms with Crippen LogP contribution >= 0.6 is 11.3 Å². The van der Waals surface area contributed by atoms with Crippen molar-refractivity contribution in [2.45, 2.75) is 0 Å². The first-order valence-corrected chi connectivity index (χ1v) is 3.90. The highest BCUT2D eigenvalue weighted by Gasteiger charge is 1.92. The summed E-state index contributed by atoms with van der Waals surface area (Å²) in [5.74, 6) is 0. The predicted molar refractivity (Wildman–Crippen MR) is 44.0 cm³/mol. The molecule has 0 atom stereocenters. The number of carbonyl (C=O) groups is 1. The molecule has 0 aliphatic carbocycles. The average Bonchev–Trinajstić information content (AvgIpc) is 2.52. The highest BCUT2D eigenvalue weighted by Crippen LogP contribution is 2.09. The zero-order valence-electron chi connectivity index (χ0n) is 5.65. The Morgan fingerprint density at radius 3 is 3.00 bits per heavy atom. The monoisotopic (exact) mass is 163 g/mol. The molecule has 1 heterocycles. The Balaban J connectivity index is 2.90. The molecule has 3 heteroatoms. The molecular weight excluding hydrogens is 158 g/mol. The number of aldehydes is 1. The van der Waals surface area contributed by atoms with Gasteiger partial charge in [-0.15, -0.1) is 0 Å². The van der Waals surface area contributed by atoms with Crippen LogP contribution in [0.25, 0.3) is 6.08 Å². The smallest absolute Gasteiger partial charge is 0.160 e. The molecule has 54 valence electrons. The Morgan fingerprint density at radius 2 is 2.55 bits per heavy atom. The lowest BCUT2D eigenvalue weighted by atomic mass is 10.2. The Kier molecular flexibility index (Phi) is 2.59. The average molecular weight is 163 g/mol. The minimum absolute atomic E-state index is 0.156. The van der Waals surface area contributed by atoms with Crippen molar-refractivity contribution < 1.29 is 4.79 Å². The summed E-state index contributed by atoms with van der Waals surface area (Å²) < 4.78 is 0. The van der Waals surface area contributed by atoms with Gasteiger partial charge in [-0.05, 0) is 28.5 Å². The van der Waals surface area contributed by atoms with Crippen LogP contribution in [-0.4, -0.2) is 6.29 Å². The lowest BCUT2D eigenvalue weighted by molar-refractivity contribution is -0.104. The van der Waals surface area contributed by atoms with Crippen LogP contribution in [0.1, 0.15) is 5.56 Å². The zero-order chi connectivity index (χ0) is 8.10. The van der Waals surface area contributed by atoms with E-state index in [1.54, 1.807) is 12.1 Å². The summed E-state index contributed by atoms with van der Waals surface area (Å²) in [6, 6.07) is 3.64. The Morgan fingerprint density at radius 1 is 1.73 bits per heavy atom. The fraction of sp³-hybridized carbons (Fsp3) is 0. The zero-order valence-corrected chi connectivity index (χ0v) is 6.47. The normalized spacial score (nSPS) is 10.6. The maximum atomic E-state index is 10.2. The topological polar surface area (TPSA) is 40.9 Å². The molecule has 1 rings (SSSR count). The van der Waals surface area contributed by atoms with E-state index in [2.05, 4.69) is 0 Å². The van der Waals surface area contributed by atoms with Gasteiger partial charge in [-0.2, -0.15) is 16.6 Å². The van der Waals surface area contributed by atoms with Crippen molar-refractivity contribution in [1.82, 2.24) is 0 Å². The van der Waals surface area contributed by atoms with Crippen molar-refractivity contribution in [3.63, 3.8) is 0 Å². The fourth-order valence-electron chi connectivity index (χ4n) is 0.629. The molecule has 0 amide bonds. The summed E-state index contributed by atoms with van der Waals surface area (Å²) in [5.41, 5.74) is 1.06. The molecule has 0 aromatic carbocycles. The van der Waals surface area contributed by atoms with Gasteiger partial charge in [0.2, 0.25) is 0 Å². The van der Waals surface area contributed by atoms with Crippen LogP contribution in [0.15, 0.2) is 22.4 Å². The van der Waals surface area contributed by atoms with Gasteiger partial charge in [-0.25, -0.2) is 0 Å². The van der Waals surface area contributed by atoms with Crippen LogP contribution in [0.2, 0.25) is 0 Å². The van der Waals surface area contributed by atoms with Gasteiger partial charge in [0.25, 0.3) is 0 Å². The largest absolute Gasteiger partial charge is 0.297 e. The number of allylic oxidation sites excluding steroid dienone is 1. The predicted octanol–water partition coefficient (Wildman–Crippen LogP) is 1.85. The first kappa shape index (κ1) is 7.70. The Labute approximate surface area is 68.4 Å². The Hall–Kier alpha value is -1.40. The summed E-state index contributed by atoms with van der Waals surface area (Å²) in [7, 11) is 0. The van der Waals surface area contributed by atoms with E-state index in [1.165, 1.54) is 11.3 Å². The van der Waals surface area contributed by atoms with Gasteiger partial charge < -0.3 is 0 Å². The molecule has 1 aromatic rings. The van der Waals surface area contributed by atoms with E-state index in [-0.39, 0.29) is 5.57 Å². The number of nitrogens with zero attached hydrogens (tertiary/aromatic N) is 1. The molecule has 0 saturated heterocycles. The molecule has 11 heavy (non-hydrogen) atoms. The molecule has 0 radical (unpaired) electrons. The third kappa shape index (κ3) is 2.03. The first-order valence-electron chi connectivity index (χ1n) is 2.96. The molecule has 0 bridgehead atoms. The number of hydrogen-bond acceptors (Lipinski definition) is 3. The SMILES string of the molecule is N#C/C(C=O)=C\c1ccsc1. The van der Waals surface area contributed by atoms with Crippen LogP contribution in [0, 0.1) is 11.3 Å². The third-order valence-corrected chi connectivity index (χ3v) is 1.82. The van der Waals surface area contributed by atoms with Gasteiger partial charge in [0, 0.05) is 0 Å². The number of rotatable bonds is 2. The highest BCUT2D eigenvalue weighted by molar-refractivity contribution is 7.08. The molecule has 0 aliphatic heterocycles. The number of nitriles is 1. The van der Waals surface area contributed by atoms with Crippen molar-refractivity contribution >= 4 is 23.7 Å². The molecular formula is C8H5NOS. The van der Waals surface area contributed by atoms with Gasteiger partial charge >= 0.3 is 0 Å². The number of carbonyl (C=O) groups excluding carboxylic acids is 1. The van der Waals surface area contributed by atoms with Crippen molar-refractivity contribution in [3.8, 4) is 6.07 Å². The van der Waals surface area contributed by atoms with Crippen LogP contribution < -0.4 is 0 Å². The van der Waals surface area contributed by atoms with E-state index in [1.807, 2.05) is 16.8 Å². The molecule has 0 spiro atoms. The number of hydrogen-bond donors (Lipinski definition) is 0. The lowest BCUT2D eigenvalue weighted by Crippen LogP contribution is -1.77. The van der Waals surface area contributed by atoms with E-state index in [0.717, 1.165) is 5.56 Å². The van der Waals surface area contributed by atoms with Gasteiger partial charge in [-0.1, -0.05) is 0 Å². The second-order valence-corrected chi connectivity index (χ2v) is 2.67. The van der Waals surface area contributed by atoms with Crippen LogP contribution in [0.3, 0.4) is 0 Å². The minimum atomic E-state index is 0.156. The second-order valence-electron chi connectivity index (χ2n) is 1.89. The van der Waals surface area contributed by atoms with E-state index >= 15 is 0 Å². The van der Waals surface area contributed by atoms with Gasteiger partial charge in [0.15, 0.2) is 6.29 Å². The van der Waals surface area contributed by atoms with Crippen LogP contribution in [0.5, 0.6) is 0 Å².